The van der Waals surface area contributed by atoms with Gasteiger partial charge >= 0.3 is 6.09 Å². The number of nitrogens with one attached hydrogen (secondary N) is 2. The molecule has 2 aromatic heterocycles. The van der Waals surface area contributed by atoms with E-state index in [4.69, 9.17) is 14.2 Å². The van der Waals surface area contributed by atoms with Gasteiger partial charge in [0.2, 0.25) is 11.0 Å². The molecule has 0 fully saturated rings. The zero-order valence-corrected chi connectivity index (χ0v) is 19.3. The van der Waals surface area contributed by atoms with E-state index in [1.165, 1.54) is 23.1 Å². The van der Waals surface area contributed by atoms with Crippen LogP contribution in [0.15, 0.2) is 27.9 Å². The number of thiazole rings is 1. The summed E-state index contributed by atoms with van der Waals surface area (Å²) >= 11 is 3.67. The number of hydrogen-bond donors (Lipinski definition) is 2. The van der Waals surface area contributed by atoms with Crippen LogP contribution in [0.1, 0.15) is 6.92 Å². The van der Waals surface area contributed by atoms with Crippen molar-refractivity contribution in [3.05, 3.63) is 23.6 Å². The first-order valence-electron chi connectivity index (χ1n) is 8.90. The lowest BCUT2D eigenvalue weighted by Gasteiger charge is -2.08. The van der Waals surface area contributed by atoms with Gasteiger partial charge in [-0.3, -0.25) is 10.1 Å². The van der Waals surface area contributed by atoms with Crippen molar-refractivity contribution >= 4 is 56.7 Å². The summed E-state index contributed by atoms with van der Waals surface area (Å²) in [6.07, 6.45) is -0.596. The molecule has 0 saturated heterocycles. The summed E-state index contributed by atoms with van der Waals surface area (Å²) in [4.78, 5) is 28.1. The van der Waals surface area contributed by atoms with Gasteiger partial charge in [-0.15, -0.1) is 21.5 Å². The van der Waals surface area contributed by atoms with Crippen LogP contribution in [-0.2, 0) is 9.53 Å². The van der Waals surface area contributed by atoms with E-state index >= 15 is 0 Å². The van der Waals surface area contributed by atoms with Crippen LogP contribution >= 0.6 is 34.4 Å². The number of nitrogens with zero attached hydrogens (tertiary/aromatic N) is 3. The third kappa shape index (κ3) is 6.29. The highest BCUT2D eigenvalue weighted by molar-refractivity contribution is 8.01. The lowest BCUT2D eigenvalue weighted by atomic mass is 10.1. The number of carbonyl (C=O) groups excluding carboxylic acids is 2. The summed E-state index contributed by atoms with van der Waals surface area (Å²) in [5.74, 6) is 1.19. The third-order valence-corrected chi connectivity index (χ3v) is 6.38. The lowest BCUT2D eigenvalue weighted by Crippen LogP contribution is -2.13. The molecule has 31 heavy (non-hydrogen) atoms. The Hall–Kier alpha value is -2.90. The average molecular weight is 482 g/mol. The van der Waals surface area contributed by atoms with Crippen molar-refractivity contribution in [1.29, 1.82) is 0 Å². The Kier molecular flexibility index (Phi) is 8.03. The number of thioether (sulfide) groups is 1. The van der Waals surface area contributed by atoms with Crippen LogP contribution < -0.4 is 20.1 Å². The van der Waals surface area contributed by atoms with Gasteiger partial charge in [0.1, 0.15) is 11.5 Å². The van der Waals surface area contributed by atoms with Gasteiger partial charge in [-0.05, 0) is 19.1 Å². The number of rotatable bonds is 9. The minimum Gasteiger partial charge on any atom is -0.497 e. The van der Waals surface area contributed by atoms with Crippen LogP contribution in [-0.4, -0.2) is 53.8 Å². The van der Waals surface area contributed by atoms with Crippen molar-refractivity contribution in [2.24, 2.45) is 0 Å². The molecule has 1 aromatic carbocycles. The molecular weight excluding hydrogens is 462 g/mol. The van der Waals surface area contributed by atoms with Gasteiger partial charge in [-0.2, -0.15) is 0 Å². The van der Waals surface area contributed by atoms with Gasteiger partial charge in [-0.25, -0.2) is 9.78 Å². The minimum atomic E-state index is -0.596. The molecular formula is C18H19N5O5S3. The summed E-state index contributed by atoms with van der Waals surface area (Å²) in [5.41, 5.74) is 1.48. The molecule has 0 aliphatic carbocycles. The molecule has 3 aromatic rings. The molecule has 3 rings (SSSR count). The van der Waals surface area contributed by atoms with E-state index in [2.05, 4.69) is 25.8 Å². The predicted molar refractivity (Wildman–Crippen MR) is 121 cm³/mol. The Morgan fingerprint density at radius 3 is 2.71 bits per heavy atom. The Bertz CT molecular complexity index is 1050. The molecule has 2 heterocycles. The van der Waals surface area contributed by atoms with E-state index in [1.807, 2.05) is 17.5 Å². The second kappa shape index (κ2) is 10.9. The summed E-state index contributed by atoms with van der Waals surface area (Å²) in [6.45, 7) is 1.97. The number of amides is 2. The first kappa shape index (κ1) is 22.8. The Morgan fingerprint density at radius 2 is 1.97 bits per heavy atom. The molecule has 10 nitrogen and oxygen atoms in total. The van der Waals surface area contributed by atoms with Gasteiger partial charge in [0, 0.05) is 17.0 Å². The van der Waals surface area contributed by atoms with E-state index in [9.17, 15) is 9.59 Å². The maximum absolute atomic E-state index is 12.3. The molecule has 0 bridgehead atoms. The van der Waals surface area contributed by atoms with Crippen LogP contribution in [0.25, 0.3) is 11.3 Å². The van der Waals surface area contributed by atoms with Crippen LogP contribution in [0.2, 0.25) is 0 Å². The van der Waals surface area contributed by atoms with Crippen LogP contribution in [0.4, 0.5) is 15.1 Å². The zero-order valence-electron chi connectivity index (χ0n) is 16.8. The summed E-state index contributed by atoms with van der Waals surface area (Å²) in [5, 5.41) is 15.6. The molecule has 0 aliphatic heterocycles. The highest BCUT2D eigenvalue weighted by Gasteiger charge is 2.14. The number of hydrogen-bond acceptors (Lipinski definition) is 11. The Labute approximate surface area is 190 Å². The van der Waals surface area contributed by atoms with Gasteiger partial charge in [0.15, 0.2) is 9.47 Å². The average Bonchev–Trinajstić information content (AvgIpc) is 3.41. The predicted octanol–water partition coefficient (Wildman–Crippen LogP) is 3.98. The second-order valence-electron chi connectivity index (χ2n) is 5.66. The van der Waals surface area contributed by atoms with E-state index in [0.717, 1.165) is 16.9 Å². The van der Waals surface area contributed by atoms with Gasteiger partial charge in [-0.1, -0.05) is 23.1 Å². The SMILES string of the molecule is CCOC(=O)Nc1nnc(SCC(=O)Nc2nc(-c3ccc(OC)cc3OC)cs2)s1. The number of carbonyl (C=O) groups is 2. The fraction of sp³-hybridized carbons (Fsp3) is 0.278. The number of benzene rings is 1. The molecule has 13 heteroatoms. The fourth-order valence-corrected chi connectivity index (χ4v) is 4.59. The van der Waals surface area contributed by atoms with E-state index in [1.54, 1.807) is 27.2 Å². The van der Waals surface area contributed by atoms with Gasteiger partial charge in [0.05, 0.1) is 32.3 Å². The van der Waals surface area contributed by atoms with Crippen molar-refractivity contribution in [2.45, 2.75) is 11.3 Å². The van der Waals surface area contributed by atoms with E-state index in [0.29, 0.717) is 31.8 Å². The smallest absolute Gasteiger partial charge is 0.413 e. The fourth-order valence-electron chi connectivity index (χ4n) is 2.32. The topological polar surface area (TPSA) is 125 Å². The molecule has 0 aliphatic rings. The van der Waals surface area contributed by atoms with Crippen LogP contribution in [0, 0.1) is 0 Å². The number of aromatic nitrogens is 3. The summed E-state index contributed by atoms with van der Waals surface area (Å²) < 4.78 is 15.9. The Morgan fingerprint density at radius 1 is 1.13 bits per heavy atom. The normalized spacial score (nSPS) is 10.4. The van der Waals surface area contributed by atoms with Crippen LogP contribution in [0.3, 0.4) is 0 Å². The van der Waals surface area contributed by atoms with Gasteiger partial charge < -0.3 is 19.5 Å². The maximum atomic E-state index is 12.3. The molecule has 2 amide bonds. The minimum absolute atomic E-state index is 0.120. The molecule has 2 N–H and O–H groups in total. The molecule has 164 valence electrons. The standard InChI is InChI=1S/C18H19N5O5S3/c1-4-28-17(25)21-16-22-23-18(31-16)30-9-14(24)20-15-19-12(8-29-15)11-6-5-10(26-2)7-13(11)27-3/h5-8H,4,9H2,1-3H3,(H,19,20,24)(H,21,22,25). The molecule has 0 atom stereocenters. The first-order chi connectivity index (χ1) is 15.0. The maximum Gasteiger partial charge on any atom is 0.413 e. The summed E-state index contributed by atoms with van der Waals surface area (Å²) in [7, 11) is 3.16. The van der Waals surface area contributed by atoms with Crippen LogP contribution in [0.5, 0.6) is 11.5 Å². The molecule has 0 radical (unpaired) electrons. The highest BCUT2D eigenvalue weighted by atomic mass is 32.2. The second-order valence-corrected chi connectivity index (χ2v) is 8.72. The number of methoxy groups -OCH3 is 2. The monoisotopic (exact) mass is 481 g/mol. The number of ether oxygens (including phenoxy) is 3. The largest absolute Gasteiger partial charge is 0.497 e. The van der Waals surface area contributed by atoms with Crippen molar-refractivity contribution < 1.29 is 23.8 Å². The quantitative estimate of drug-likeness (QED) is 0.345. The van der Waals surface area contributed by atoms with Crippen molar-refractivity contribution in [3.8, 4) is 22.8 Å². The highest BCUT2D eigenvalue weighted by Crippen LogP contribution is 2.35. The van der Waals surface area contributed by atoms with Crippen molar-refractivity contribution in [1.82, 2.24) is 15.2 Å². The first-order valence-corrected chi connectivity index (χ1v) is 11.6. The van der Waals surface area contributed by atoms with E-state index < -0.39 is 6.09 Å². The van der Waals surface area contributed by atoms with Crippen molar-refractivity contribution in [2.75, 3.05) is 37.2 Å². The van der Waals surface area contributed by atoms with Gasteiger partial charge in [0.25, 0.3) is 0 Å². The third-order valence-electron chi connectivity index (χ3n) is 3.65. The lowest BCUT2D eigenvalue weighted by molar-refractivity contribution is -0.113. The summed E-state index contributed by atoms with van der Waals surface area (Å²) in [6, 6.07) is 5.45. The van der Waals surface area contributed by atoms with Crippen molar-refractivity contribution in [3.63, 3.8) is 0 Å². The number of anilines is 2. The van der Waals surface area contributed by atoms with E-state index in [-0.39, 0.29) is 18.3 Å². The zero-order chi connectivity index (χ0) is 22.2. The molecule has 0 saturated carbocycles. The Balaban J connectivity index is 1.55. The molecule has 0 unspecified atom stereocenters. The molecule has 0 spiro atoms.